The second kappa shape index (κ2) is 7.84. The lowest BCUT2D eigenvalue weighted by Crippen LogP contribution is -2.15. The van der Waals surface area contributed by atoms with Gasteiger partial charge in [-0.05, 0) is 31.0 Å². The van der Waals surface area contributed by atoms with Gasteiger partial charge in [-0.15, -0.1) is 21.5 Å². The third-order valence-corrected chi connectivity index (χ3v) is 5.95. The molecule has 1 aromatic carbocycles. The minimum Gasteiger partial charge on any atom is -0.325 e. The Kier molecular flexibility index (Phi) is 5.55. The zero-order valence-electron chi connectivity index (χ0n) is 14.4. The van der Waals surface area contributed by atoms with Crippen LogP contribution in [0.25, 0.3) is 11.4 Å². The number of hydrogen-bond donors (Lipinski definition) is 1. The van der Waals surface area contributed by atoms with Crippen molar-refractivity contribution in [2.75, 3.05) is 11.1 Å². The second-order valence-corrected chi connectivity index (χ2v) is 7.61. The molecule has 3 rings (SSSR count). The number of rotatable bonds is 6. The average molecular weight is 373 g/mol. The van der Waals surface area contributed by atoms with Crippen molar-refractivity contribution in [2.24, 2.45) is 7.05 Å². The van der Waals surface area contributed by atoms with Gasteiger partial charge in [0.05, 0.1) is 5.75 Å². The summed E-state index contributed by atoms with van der Waals surface area (Å²) in [7, 11) is 1.93. The van der Waals surface area contributed by atoms with E-state index in [1.165, 1.54) is 16.6 Å². The van der Waals surface area contributed by atoms with Crippen molar-refractivity contribution in [1.82, 2.24) is 14.8 Å². The Labute approximate surface area is 155 Å². The molecule has 1 amide bonds. The number of amides is 1. The van der Waals surface area contributed by atoms with Crippen LogP contribution in [0.5, 0.6) is 0 Å². The maximum Gasteiger partial charge on any atom is 0.234 e. The Hall–Kier alpha value is -2.12. The highest BCUT2D eigenvalue weighted by atomic mass is 32.2. The molecule has 0 atom stereocenters. The number of carbonyl (C=O) groups excluding carboxylic acids is 1. The first-order valence-electron chi connectivity index (χ1n) is 8.04. The molecule has 0 aliphatic carbocycles. The van der Waals surface area contributed by atoms with Crippen LogP contribution in [0.2, 0.25) is 0 Å². The molecular formula is C18H20N4OS2. The van der Waals surface area contributed by atoms with Crippen molar-refractivity contribution in [3.63, 3.8) is 0 Å². The highest BCUT2D eigenvalue weighted by Crippen LogP contribution is 2.27. The third-order valence-electron chi connectivity index (χ3n) is 3.85. The zero-order chi connectivity index (χ0) is 17.8. The van der Waals surface area contributed by atoms with Crippen LogP contribution in [0.3, 0.4) is 0 Å². The standard InChI is InChI=1S/C18H20N4OS2/c1-4-14-9-13(10-24-14)17-20-21-18(22(17)3)25-11-16(23)19-15-8-6-5-7-12(15)2/h5-10H,4,11H2,1-3H3,(H,19,23). The van der Waals surface area contributed by atoms with E-state index in [2.05, 4.69) is 33.9 Å². The largest absolute Gasteiger partial charge is 0.325 e. The van der Waals surface area contributed by atoms with E-state index in [-0.39, 0.29) is 5.91 Å². The Morgan fingerprint density at radius 2 is 2.12 bits per heavy atom. The molecule has 2 heterocycles. The fraction of sp³-hybridized carbons (Fsp3) is 0.278. The fourth-order valence-electron chi connectivity index (χ4n) is 2.40. The summed E-state index contributed by atoms with van der Waals surface area (Å²) in [6, 6.07) is 9.89. The summed E-state index contributed by atoms with van der Waals surface area (Å²) in [4.78, 5) is 13.5. The first kappa shape index (κ1) is 17.7. The summed E-state index contributed by atoms with van der Waals surface area (Å²) < 4.78 is 1.94. The molecule has 25 heavy (non-hydrogen) atoms. The SMILES string of the molecule is CCc1cc(-c2nnc(SCC(=O)Nc3ccccc3C)n2C)cs1. The fourth-order valence-corrected chi connectivity index (χ4v) is 3.93. The van der Waals surface area contributed by atoms with Crippen molar-refractivity contribution in [3.05, 3.63) is 46.2 Å². The lowest BCUT2D eigenvalue weighted by atomic mass is 10.2. The quantitative estimate of drug-likeness (QED) is 0.661. The van der Waals surface area contributed by atoms with Gasteiger partial charge < -0.3 is 9.88 Å². The molecule has 0 radical (unpaired) electrons. The number of carbonyl (C=O) groups is 1. The van der Waals surface area contributed by atoms with Crippen LogP contribution in [0, 0.1) is 6.92 Å². The minimum absolute atomic E-state index is 0.0485. The molecule has 0 aliphatic rings. The van der Waals surface area contributed by atoms with Gasteiger partial charge in [-0.1, -0.05) is 36.9 Å². The Bertz CT molecular complexity index is 885. The van der Waals surface area contributed by atoms with Gasteiger partial charge in [-0.25, -0.2) is 0 Å². The summed E-state index contributed by atoms with van der Waals surface area (Å²) in [5.74, 6) is 1.08. The molecule has 0 bridgehead atoms. The lowest BCUT2D eigenvalue weighted by Gasteiger charge is -2.07. The van der Waals surface area contributed by atoms with Gasteiger partial charge >= 0.3 is 0 Å². The van der Waals surface area contributed by atoms with Gasteiger partial charge in [0.15, 0.2) is 11.0 Å². The van der Waals surface area contributed by atoms with E-state index in [0.717, 1.165) is 34.2 Å². The number of aryl methyl sites for hydroxylation is 2. The Morgan fingerprint density at radius 3 is 2.84 bits per heavy atom. The smallest absolute Gasteiger partial charge is 0.234 e. The number of thiophene rings is 1. The molecule has 0 aliphatic heterocycles. The predicted octanol–water partition coefficient (Wildman–Crippen LogP) is 4.15. The summed E-state index contributed by atoms with van der Waals surface area (Å²) in [5, 5.41) is 14.3. The number of aromatic nitrogens is 3. The normalized spacial score (nSPS) is 10.8. The molecule has 5 nitrogen and oxygen atoms in total. The number of benzene rings is 1. The van der Waals surface area contributed by atoms with Gasteiger partial charge in [-0.2, -0.15) is 0 Å². The summed E-state index contributed by atoms with van der Waals surface area (Å²) in [6.45, 7) is 4.11. The second-order valence-electron chi connectivity index (χ2n) is 5.67. The van der Waals surface area contributed by atoms with Crippen molar-refractivity contribution in [2.45, 2.75) is 25.4 Å². The molecule has 1 N–H and O–H groups in total. The van der Waals surface area contributed by atoms with Crippen molar-refractivity contribution >= 4 is 34.7 Å². The van der Waals surface area contributed by atoms with Crippen molar-refractivity contribution < 1.29 is 4.79 Å². The molecule has 7 heteroatoms. The maximum atomic E-state index is 12.2. The molecule has 130 valence electrons. The van der Waals surface area contributed by atoms with Crippen LogP contribution in [-0.2, 0) is 18.3 Å². The molecule has 0 unspecified atom stereocenters. The summed E-state index contributed by atoms with van der Waals surface area (Å²) >= 11 is 3.12. The molecule has 0 saturated heterocycles. The molecule has 0 fully saturated rings. The summed E-state index contributed by atoms with van der Waals surface area (Å²) in [6.07, 6.45) is 1.02. The van der Waals surface area contributed by atoms with E-state index in [4.69, 9.17) is 0 Å². The van der Waals surface area contributed by atoms with E-state index in [1.807, 2.05) is 42.8 Å². The number of nitrogens with zero attached hydrogens (tertiary/aromatic N) is 3. The van der Waals surface area contributed by atoms with Crippen LogP contribution in [0.15, 0.2) is 40.9 Å². The van der Waals surface area contributed by atoms with Gasteiger partial charge in [-0.3, -0.25) is 4.79 Å². The topological polar surface area (TPSA) is 59.8 Å². The Balaban J connectivity index is 1.64. The van der Waals surface area contributed by atoms with Crippen LogP contribution < -0.4 is 5.32 Å². The lowest BCUT2D eigenvalue weighted by molar-refractivity contribution is -0.113. The maximum absolute atomic E-state index is 12.2. The molecule has 0 spiro atoms. The van der Waals surface area contributed by atoms with E-state index >= 15 is 0 Å². The van der Waals surface area contributed by atoms with Crippen LogP contribution >= 0.6 is 23.1 Å². The predicted molar refractivity (Wildman–Crippen MR) is 104 cm³/mol. The monoisotopic (exact) mass is 372 g/mol. The number of hydrogen-bond acceptors (Lipinski definition) is 5. The van der Waals surface area contributed by atoms with E-state index in [0.29, 0.717) is 5.75 Å². The molecule has 2 aromatic heterocycles. The first-order chi connectivity index (χ1) is 12.1. The number of para-hydroxylation sites is 1. The van der Waals surface area contributed by atoms with Gasteiger partial charge in [0, 0.05) is 28.6 Å². The third kappa shape index (κ3) is 4.11. The number of anilines is 1. The minimum atomic E-state index is -0.0485. The van der Waals surface area contributed by atoms with Gasteiger partial charge in [0.2, 0.25) is 5.91 Å². The Morgan fingerprint density at radius 1 is 1.32 bits per heavy atom. The van der Waals surface area contributed by atoms with Gasteiger partial charge in [0.1, 0.15) is 0 Å². The highest BCUT2D eigenvalue weighted by Gasteiger charge is 2.14. The molecular weight excluding hydrogens is 352 g/mol. The van der Waals surface area contributed by atoms with Crippen molar-refractivity contribution in [3.8, 4) is 11.4 Å². The average Bonchev–Trinajstić information content (AvgIpc) is 3.21. The first-order valence-corrected chi connectivity index (χ1v) is 9.90. The van der Waals surface area contributed by atoms with Crippen LogP contribution in [0.4, 0.5) is 5.69 Å². The number of thioether (sulfide) groups is 1. The van der Waals surface area contributed by atoms with E-state index < -0.39 is 0 Å². The van der Waals surface area contributed by atoms with Gasteiger partial charge in [0.25, 0.3) is 0 Å². The van der Waals surface area contributed by atoms with Crippen molar-refractivity contribution in [1.29, 1.82) is 0 Å². The van der Waals surface area contributed by atoms with E-state index in [1.54, 1.807) is 11.3 Å². The summed E-state index contributed by atoms with van der Waals surface area (Å²) in [5.41, 5.74) is 2.97. The highest BCUT2D eigenvalue weighted by molar-refractivity contribution is 7.99. The number of nitrogens with one attached hydrogen (secondary N) is 1. The van der Waals surface area contributed by atoms with Crippen LogP contribution in [-0.4, -0.2) is 26.4 Å². The van der Waals surface area contributed by atoms with Crippen LogP contribution in [0.1, 0.15) is 17.4 Å². The van der Waals surface area contributed by atoms with E-state index in [9.17, 15) is 4.79 Å². The molecule has 3 aromatic rings. The molecule has 0 saturated carbocycles. The zero-order valence-corrected chi connectivity index (χ0v) is 16.1.